The molecule has 0 aliphatic heterocycles. The highest BCUT2D eigenvalue weighted by atomic mass is 14.9. The number of pyridine rings is 1. The molecule has 0 atom stereocenters. The molecule has 2 aromatic heterocycles. The molecule has 0 N–H and O–H groups in total. The summed E-state index contributed by atoms with van der Waals surface area (Å²) in [6, 6.07) is 3.75. The van der Waals surface area contributed by atoms with Gasteiger partial charge < -0.3 is 0 Å². The van der Waals surface area contributed by atoms with Crippen molar-refractivity contribution in [1.29, 1.82) is 0 Å². The Bertz CT molecular complexity index is 385. The molecule has 2 rings (SSSR count). The second-order valence-electron chi connectivity index (χ2n) is 2.36. The summed E-state index contributed by atoms with van der Waals surface area (Å²) in [6.45, 7) is 5.90. The maximum absolute atomic E-state index is 4.20. The number of hydrogen-bond donors (Lipinski definition) is 0. The monoisotopic (exact) mass is 175 g/mol. The Morgan fingerprint density at radius 3 is 2.69 bits per heavy atom. The minimum absolute atomic E-state index is 0.715. The number of hydrogen-bond acceptors (Lipinski definition) is 3. The van der Waals surface area contributed by atoms with Crippen molar-refractivity contribution >= 4 is 11.2 Å². The number of rotatable bonds is 0. The molecule has 68 valence electrons. The molecular formula is C10H13N3. The lowest BCUT2D eigenvalue weighted by Gasteiger charge is -1.94. The van der Waals surface area contributed by atoms with Crippen LogP contribution in [0.15, 0.2) is 24.5 Å². The Morgan fingerprint density at radius 1 is 1.15 bits per heavy atom. The minimum atomic E-state index is 0.715. The molecule has 3 nitrogen and oxygen atoms in total. The highest BCUT2D eigenvalue weighted by Crippen LogP contribution is 2.03. The second-order valence-corrected chi connectivity index (χ2v) is 2.36. The van der Waals surface area contributed by atoms with Crippen LogP contribution < -0.4 is 0 Å². The molecule has 0 saturated carbocycles. The van der Waals surface area contributed by atoms with E-state index < -0.39 is 0 Å². The van der Waals surface area contributed by atoms with E-state index in [1.807, 2.05) is 32.9 Å². The zero-order chi connectivity index (χ0) is 9.68. The average molecular weight is 175 g/mol. The van der Waals surface area contributed by atoms with Gasteiger partial charge in [-0.15, -0.1) is 0 Å². The third-order valence-corrected chi connectivity index (χ3v) is 1.44. The fraction of sp³-hybridized carbons (Fsp3) is 0.300. The van der Waals surface area contributed by atoms with Crippen molar-refractivity contribution in [2.24, 2.45) is 0 Å². The van der Waals surface area contributed by atoms with Crippen LogP contribution in [0, 0.1) is 6.92 Å². The standard InChI is InChI=1S/C8H7N3.C2H6/c1-6-5-10-7-3-2-4-9-8(7)11-6;1-2/h2-5H,1H3;1-2H3. The van der Waals surface area contributed by atoms with Gasteiger partial charge in [0.1, 0.15) is 5.52 Å². The molecular weight excluding hydrogens is 162 g/mol. The van der Waals surface area contributed by atoms with Gasteiger partial charge in [-0.25, -0.2) is 9.97 Å². The zero-order valence-corrected chi connectivity index (χ0v) is 8.15. The lowest BCUT2D eigenvalue weighted by atomic mass is 10.4. The Labute approximate surface area is 77.9 Å². The molecule has 3 heteroatoms. The molecule has 0 saturated heterocycles. The third kappa shape index (κ3) is 2.21. The maximum Gasteiger partial charge on any atom is 0.178 e. The van der Waals surface area contributed by atoms with E-state index in [1.54, 1.807) is 12.4 Å². The van der Waals surface area contributed by atoms with Gasteiger partial charge in [0, 0.05) is 12.4 Å². The quantitative estimate of drug-likeness (QED) is 0.617. The van der Waals surface area contributed by atoms with E-state index in [9.17, 15) is 0 Å². The molecule has 0 aliphatic carbocycles. The van der Waals surface area contributed by atoms with Crippen molar-refractivity contribution in [1.82, 2.24) is 15.0 Å². The van der Waals surface area contributed by atoms with E-state index in [0.29, 0.717) is 5.65 Å². The Kier molecular flexibility index (Phi) is 3.31. The maximum atomic E-state index is 4.20. The molecule has 0 spiro atoms. The van der Waals surface area contributed by atoms with Gasteiger partial charge in [-0.3, -0.25) is 4.98 Å². The van der Waals surface area contributed by atoms with Crippen molar-refractivity contribution in [3.63, 3.8) is 0 Å². The molecule has 0 aromatic carbocycles. The largest absolute Gasteiger partial charge is 0.251 e. The Hall–Kier alpha value is -1.51. The zero-order valence-electron chi connectivity index (χ0n) is 8.15. The highest BCUT2D eigenvalue weighted by Gasteiger charge is 1.94. The van der Waals surface area contributed by atoms with Crippen LogP contribution in [0.4, 0.5) is 0 Å². The van der Waals surface area contributed by atoms with Gasteiger partial charge in [-0.1, -0.05) is 13.8 Å². The van der Waals surface area contributed by atoms with Crippen LogP contribution in [0.5, 0.6) is 0 Å². The van der Waals surface area contributed by atoms with Crippen LogP contribution in [-0.4, -0.2) is 15.0 Å². The molecule has 13 heavy (non-hydrogen) atoms. The van der Waals surface area contributed by atoms with E-state index in [1.165, 1.54) is 0 Å². The third-order valence-electron chi connectivity index (χ3n) is 1.44. The van der Waals surface area contributed by atoms with Crippen molar-refractivity contribution in [3.8, 4) is 0 Å². The normalized spacial score (nSPS) is 9.15. The van der Waals surface area contributed by atoms with Gasteiger partial charge >= 0.3 is 0 Å². The molecule has 2 aromatic rings. The molecule has 0 bridgehead atoms. The number of aryl methyl sites for hydroxylation is 1. The molecule has 0 amide bonds. The number of nitrogens with zero attached hydrogens (tertiary/aromatic N) is 3. The van der Waals surface area contributed by atoms with Crippen LogP contribution in [0.2, 0.25) is 0 Å². The first-order valence-electron chi connectivity index (χ1n) is 4.40. The van der Waals surface area contributed by atoms with Gasteiger partial charge in [0.15, 0.2) is 5.65 Å². The van der Waals surface area contributed by atoms with Crippen LogP contribution in [0.1, 0.15) is 19.5 Å². The topological polar surface area (TPSA) is 38.7 Å². The molecule has 0 radical (unpaired) electrons. The van der Waals surface area contributed by atoms with E-state index in [2.05, 4.69) is 15.0 Å². The lowest BCUT2D eigenvalue weighted by Crippen LogP contribution is -1.88. The smallest absolute Gasteiger partial charge is 0.178 e. The van der Waals surface area contributed by atoms with E-state index in [0.717, 1.165) is 11.2 Å². The average Bonchev–Trinajstić information content (AvgIpc) is 2.21. The summed E-state index contributed by atoms with van der Waals surface area (Å²) in [5, 5.41) is 0. The summed E-state index contributed by atoms with van der Waals surface area (Å²) in [7, 11) is 0. The molecule has 0 aliphatic rings. The van der Waals surface area contributed by atoms with Gasteiger partial charge in [0.05, 0.1) is 5.69 Å². The SMILES string of the molecule is CC.Cc1cnc2cccnc2n1. The van der Waals surface area contributed by atoms with E-state index in [-0.39, 0.29) is 0 Å². The highest BCUT2D eigenvalue weighted by molar-refractivity contribution is 5.68. The summed E-state index contributed by atoms with van der Waals surface area (Å²) in [5.74, 6) is 0. The van der Waals surface area contributed by atoms with Crippen LogP contribution in [0.25, 0.3) is 11.2 Å². The molecule has 0 unspecified atom stereocenters. The van der Waals surface area contributed by atoms with Crippen LogP contribution in [0.3, 0.4) is 0 Å². The first-order valence-corrected chi connectivity index (χ1v) is 4.40. The van der Waals surface area contributed by atoms with E-state index in [4.69, 9.17) is 0 Å². The Morgan fingerprint density at radius 2 is 1.92 bits per heavy atom. The summed E-state index contributed by atoms with van der Waals surface area (Å²) >= 11 is 0. The predicted octanol–water partition coefficient (Wildman–Crippen LogP) is 2.36. The summed E-state index contributed by atoms with van der Waals surface area (Å²) in [5.41, 5.74) is 2.46. The lowest BCUT2D eigenvalue weighted by molar-refractivity contribution is 1.15. The van der Waals surface area contributed by atoms with Gasteiger partial charge in [0.2, 0.25) is 0 Å². The number of aromatic nitrogens is 3. The minimum Gasteiger partial charge on any atom is -0.251 e. The fourth-order valence-corrected chi connectivity index (χ4v) is 0.934. The summed E-state index contributed by atoms with van der Waals surface area (Å²) in [4.78, 5) is 12.4. The molecule has 2 heterocycles. The number of fused-ring (bicyclic) bond motifs is 1. The first-order chi connectivity index (χ1) is 6.36. The van der Waals surface area contributed by atoms with Crippen molar-refractivity contribution in [3.05, 3.63) is 30.2 Å². The van der Waals surface area contributed by atoms with E-state index >= 15 is 0 Å². The summed E-state index contributed by atoms with van der Waals surface area (Å²) in [6.07, 6.45) is 3.46. The van der Waals surface area contributed by atoms with Gasteiger partial charge in [-0.2, -0.15) is 0 Å². The fourth-order valence-electron chi connectivity index (χ4n) is 0.934. The first kappa shape index (κ1) is 9.58. The van der Waals surface area contributed by atoms with Gasteiger partial charge in [0.25, 0.3) is 0 Å². The molecule has 0 fully saturated rings. The van der Waals surface area contributed by atoms with Crippen LogP contribution >= 0.6 is 0 Å². The van der Waals surface area contributed by atoms with Crippen LogP contribution in [-0.2, 0) is 0 Å². The van der Waals surface area contributed by atoms with Gasteiger partial charge in [-0.05, 0) is 19.1 Å². The predicted molar refractivity (Wildman–Crippen MR) is 53.4 cm³/mol. The Balaban J connectivity index is 0.000000396. The second kappa shape index (κ2) is 4.50. The summed E-state index contributed by atoms with van der Waals surface area (Å²) < 4.78 is 0. The van der Waals surface area contributed by atoms with Crippen molar-refractivity contribution < 1.29 is 0 Å². The van der Waals surface area contributed by atoms with Crippen molar-refractivity contribution in [2.75, 3.05) is 0 Å². The van der Waals surface area contributed by atoms with Crippen molar-refractivity contribution in [2.45, 2.75) is 20.8 Å².